The second kappa shape index (κ2) is 4.33. The third-order valence-electron chi connectivity index (χ3n) is 2.56. The van der Waals surface area contributed by atoms with Crippen LogP contribution in [-0.2, 0) is 0 Å². The summed E-state index contributed by atoms with van der Waals surface area (Å²) in [5.41, 5.74) is 5.50. The lowest BCUT2D eigenvalue weighted by molar-refractivity contribution is 0.225. The van der Waals surface area contributed by atoms with Crippen LogP contribution in [0.2, 0.25) is 0 Å². The summed E-state index contributed by atoms with van der Waals surface area (Å²) in [5, 5.41) is 7.40. The Bertz CT molecular complexity index is 154. The molecule has 1 unspecified atom stereocenters. The molecule has 1 rings (SSSR count). The average molecular weight is 169 g/mol. The van der Waals surface area contributed by atoms with Gasteiger partial charge in [0.1, 0.15) is 0 Å². The SMILES string of the molecule is CCCC1CCCCN1C(=N)N. The first-order chi connectivity index (χ1) is 5.75. The number of hydrogen-bond donors (Lipinski definition) is 2. The van der Waals surface area contributed by atoms with Crippen molar-refractivity contribution >= 4 is 5.96 Å². The molecular formula is C9H19N3. The maximum Gasteiger partial charge on any atom is 0.188 e. The number of hydrogen-bond acceptors (Lipinski definition) is 1. The molecule has 1 aliphatic rings. The molecule has 70 valence electrons. The van der Waals surface area contributed by atoms with Gasteiger partial charge in [-0.1, -0.05) is 13.3 Å². The number of nitrogens with zero attached hydrogens (tertiary/aromatic N) is 1. The molecule has 12 heavy (non-hydrogen) atoms. The van der Waals surface area contributed by atoms with Crippen LogP contribution in [-0.4, -0.2) is 23.4 Å². The largest absolute Gasteiger partial charge is 0.370 e. The van der Waals surface area contributed by atoms with E-state index in [9.17, 15) is 0 Å². The zero-order chi connectivity index (χ0) is 8.97. The minimum absolute atomic E-state index is 0.258. The first-order valence-corrected chi connectivity index (χ1v) is 4.86. The standard InChI is InChI=1S/C9H19N3/c1-2-5-8-6-3-4-7-12(8)9(10)11/h8H,2-7H2,1H3,(H3,10,11). The predicted molar refractivity (Wildman–Crippen MR) is 51.2 cm³/mol. The highest BCUT2D eigenvalue weighted by Gasteiger charge is 2.21. The van der Waals surface area contributed by atoms with E-state index in [0.29, 0.717) is 6.04 Å². The van der Waals surface area contributed by atoms with Crippen LogP contribution in [0.25, 0.3) is 0 Å². The molecule has 0 bridgehead atoms. The highest BCUT2D eigenvalue weighted by Crippen LogP contribution is 2.19. The molecule has 0 aromatic carbocycles. The van der Waals surface area contributed by atoms with Crippen molar-refractivity contribution in [1.29, 1.82) is 5.41 Å². The van der Waals surface area contributed by atoms with Crippen molar-refractivity contribution in [2.24, 2.45) is 5.73 Å². The van der Waals surface area contributed by atoms with Crippen molar-refractivity contribution in [3.8, 4) is 0 Å². The molecule has 0 aromatic heterocycles. The molecule has 1 atom stereocenters. The molecule has 1 heterocycles. The third-order valence-corrected chi connectivity index (χ3v) is 2.56. The first-order valence-electron chi connectivity index (χ1n) is 4.86. The summed E-state index contributed by atoms with van der Waals surface area (Å²) in [4.78, 5) is 2.05. The Morgan fingerprint density at radius 1 is 1.58 bits per heavy atom. The lowest BCUT2D eigenvalue weighted by Gasteiger charge is -2.35. The minimum atomic E-state index is 0.258. The van der Waals surface area contributed by atoms with Crippen molar-refractivity contribution in [2.75, 3.05) is 6.54 Å². The van der Waals surface area contributed by atoms with Crippen LogP contribution in [0, 0.1) is 5.41 Å². The molecule has 0 aromatic rings. The Kier molecular flexibility index (Phi) is 3.38. The highest BCUT2D eigenvalue weighted by atomic mass is 15.3. The van der Waals surface area contributed by atoms with Gasteiger partial charge in [-0.15, -0.1) is 0 Å². The van der Waals surface area contributed by atoms with E-state index < -0.39 is 0 Å². The number of rotatable bonds is 2. The molecule has 1 aliphatic heterocycles. The fourth-order valence-electron chi connectivity index (χ4n) is 1.95. The van der Waals surface area contributed by atoms with Gasteiger partial charge in [0.05, 0.1) is 0 Å². The summed E-state index contributed by atoms with van der Waals surface area (Å²) in [6.07, 6.45) is 6.08. The van der Waals surface area contributed by atoms with Gasteiger partial charge >= 0.3 is 0 Å². The van der Waals surface area contributed by atoms with Crippen molar-refractivity contribution in [3.05, 3.63) is 0 Å². The van der Waals surface area contributed by atoms with Crippen molar-refractivity contribution < 1.29 is 0 Å². The van der Waals surface area contributed by atoms with Crippen molar-refractivity contribution in [3.63, 3.8) is 0 Å². The Hall–Kier alpha value is -0.730. The van der Waals surface area contributed by atoms with Gasteiger partial charge in [-0.25, -0.2) is 0 Å². The molecule has 3 N–H and O–H groups in total. The van der Waals surface area contributed by atoms with Gasteiger partial charge in [0.2, 0.25) is 0 Å². The lowest BCUT2D eigenvalue weighted by Crippen LogP contribution is -2.46. The third kappa shape index (κ3) is 2.13. The normalized spacial score (nSPS) is 24.1. The van der Waals surface area contributed by atoms with Crippen LogP contribution in [0.1, 0.15) is 39.0 Å². The van der Waals surface area contributed by atoms with Gasteiger partial charge in [0.15, 0.2) is 5.96 Å². The number of nitrogens with one attached hydrogen (secondary N) is 1. The number of likely N-dealkylation sites (tertiary alicyclic amines) is 1. The van der Waals surface area contributed by atoms with Gasteiger partial charge in [-0.2, -0.15) is 0 Å². The molecule has 3 heteroatoms. The Morgan fingerprint density at radius 2 is 2.33 bits per heavy atom. The van der Waals surface area contributed by atoms with Gasteiger partial charge in [-0.05, 0) is 25.7 Å². The van der Waals surface area contributed by atoms with Crippen LogP contribution < -0.4 is 5.73 Å². The minimum Gasteiger partial charge on any atom is -0.370 e. The molecule has 0 spiro atoms. The summed E-state index contributed by atoms with van der Waals surface area (Å²) in [5.74, 6) is 0.258. The van der Waals surface area contributed by atoms with Gasteiger partial charge < -0.3 is 10.6 Å². The summed E-state index contributed by atoms with van der Waals surface area (Å²) in [6, 6.07) is 0.543. The second-order valence-electron chi connectivity index (χ2n) is 3.52. The lowest BCUT2D eigenvalue weighted by atomic mass is 9.99. The highest BCUT2D eigenvalue weighted by molar-refractivity contribution is 5.75. The van der Waals surface area contributed by atoms with Crippen LogP contribution >= 0.6 is 0 Å². The zero-order valence-electron chi connectivity index (χ0n) is 7.84. The van der Waals surface area contributed by atoms with E-state index in [0.717, 1.165) is 6.54 Å². The molecule has 0 amide bonds. The fourth-order valence-corrected chi connectivity index (χ4v) is 1.95. The Labute approximate surface area is 74.4 Å². The van der Waals surface area contributed by atoms with E-state index in [1.54, 1.807) is 0 Å². The molecule has 0 aliphatic carbocycles. The van der Waals surface area contributed by atoms with Crippen molar-refractivity contribution in [1.82, 2.24) is 4.90 Å². The number of piperidine rings is 1. The summed E-state index contributed by atoms with van der Waals surface area (Å²) in [6.45, 7) is 3.17. The summed E-state index contributed by atoms with van der Waals surface area (Å²) in [7, 11) is 0. The summed E-state index contributed by atoms with van der Waals surface area (Å²) < 4.78 is 0. The van der Waals surface area contributed by atoms with E-state index in [1.807, 2.05) is 4.90 Å². The average Bonchev–Trinajstić information content (AvgIpc) is 2.05. The zero-order valence-corrected chi connectivity index (χ0v) is 7.84. The topological polar surface area (TPSA) is 53.1 Å². The molecule has 1 saturated heterocycles. The Balaban J connectivity index is 2.48. The van der Waals surface area contributed by atoms with Gasteiger partial charge in [-0.3, -0.25) is 5.41 Å². The van der Waals surface area contributed by atoms with Gasteiger partial charge in [0, 0.05) is 12.6 Å². The molecule has 0 radical (unpaired) electrons. The van der Waals surface area contributed by atoms with Crippen LogP contribution in [0.15, 0.2) is 0 Å². The van der Waals surface area contributed by atoms with Crippen LogP contribution in [0.3, 0.4) is 0 Å². The monoisotopic (exact) mass is 169 g/mol. The fraction of sp³-hybridized carbons (Fsp3) is 0.889. The Morgan fingerprint density at radius 3 is 2.92 bits per heavy atom. The number of guanidine groups is 1. The maximum absolute atomic E-state index is 7.40. The van der Waals surface area contributed by atoms with Crippen LogP contribution in [0.5, 0.6) is 0 Å². The maximum atomic E-state index is 7.40. The predicted octanol–water partition coefficient (Wildman–Crippen LogP) is 1.53. The number of nitrogens with two attached hydrogens (primary N) is 1. The van der Waals surface area contributed by atoms with E-state index >= 15 is 0 Å². The second-order valence-corrected chi connectivity index (χ2v) is 3.52. The van der Waals surface area contributed by atoms with E-state index in [2.05, 4.69) is 6.92 Å². The van der Waals surface area contributed by atoms with Gasteiger partial charge in [0.25, 0.3) is 0 Å². The van der Waals surface area contributed by atoms with Crippen molar-refractivity contribution in [2.45, 2.75) is 45.1 Å². The molecule has 0 saturated carbocycles. The molecular weight excluding hydrogens is 150 g/mol. The molecule has 3 nitrogen and oxygen atoms in total. The van der Waals surface area contributed by atoms with Crippen LogP contribution in [0.4, 0.5) is 0 Å². The smallest absolute Gasteiger partial charge is 0.188 e. The van der Waals surface area contributed by atoms with E-state index in [4.69, 9.17) is 11.1 Å². The molecule has 1 fully saturated rings. The summed E-state index contributed by atoms with van der Waals surface area (Å²) >= 11 is 0. The van der Waals surface area contributed by atoms with E-state index in [-0.39, 0.29) is 5.96 Å². The van der Waals surface area contributed by atoms with E-state index in [1.165, 1.54) is 32.1 Å². The quantitative estimate of drug-likeness (QED) is 0.486. The first kappa shape index (κ1) is 9.36.